The number of aliphatic hydroxyl groups is 1. The Hall–Kier alpha value is -0.610. The number of β-amino-alcohol motifs (C(OH)–C–C–N with tert-alkyl or cyclic N) is 1. The van der Waals surface area contributed by atoms with Crippen molar-refractivity contribution in [2.75, 3.05) is 19.6 Å². The quantitative estimate of drug-likeness (QED) is 0.794. The lowest BCUT2D eigenvalue weighted by atomic mass is 9.83. The molecule has 1 saturated carbocycles. The summed E-state index contributed by atoms with van der Waals surface area (Å²) in [7, 11) is 0. The number of nitrogens with zero attached hydrogens (tertiary/aromatic N) is 1. The van der Waals surface area contributed by atoms with Crippen LogP contribution in [0.15, 0.2) is 0 Å². The predicted octanol–water partition coefficient (Wildman–Crippen LogP) is 1.27. The molecular formula is C14H26N2O2. The zero-order valence-electron chi connectivity index (χ0n) is 11.2. The van der Waals surface area contributed by atoms with Crippen molar-refractivity contribution in [1.29, 1.82) is 0 Å². The Morgan fingerprint density at radius 3 is 2.67 bits per heavy atom. The number of carbonyl (C=O) groups is 1. The lowest BCUT2D eigenvalue weighted by molar-refractivity contribution is -0.119. The van der Waals surface area contributed by atoms with Crippen LogP contribution in [0.1, 0.15) is 51.4 Å². The molecule has 2 aliphatic rings. The molecule has 1 aliphatic carbocycles. The van der Waals surface area contributed by atoms with Crippen LogP contribution in [0.4, 0.5) is 0 Å². The van der Waals surface area contributed by atoms with Crippen molar-refractivity contribution in [3.63, 3.8) is 0 Å². The van der Waals surface area contributed by atoms with Crippen LogP contribution in [-0.2, 0) is 4.79 Å². The molecule has 0 radical (unpaired) electrons. The molecule has 0 bridgehead atoms. The molecule has 3 N–H and O–H groups in total. The van der Waals surface area contributed by atoms with Gasteiger partial charge in [-0.1, -0.05) is 19.3 Å². The fourth-order valence-electron chi connectivity index (χ4n) is 3.53. The Kier molecular flexibility index (Phi) is 4.62. The minimum Gasteiger partial charge on any atom is -0.389 e. The highest BCUT2D eigenvalue weighted by Gasteiger charge is 2.33. The minimum atomic E-state index is -0.479. The second-order valence-electron chi connectivity index (χ2n) is 6.20. The van der Waals surface area contributed by atoms with Crippen molar-refractivity contribution in [2.24, 2.45) is 11.7 Å². The zero-order valence-corrected chi connectivity index (χ0v) is 11.2. The van der Waals surface area contributed by atoms with E-state index >= 15 is 0 Å². The summed E-state index contributed by atoms with van der Waals surface area (Å²) in [5, 5.41) is 10.6. The van der Waals surface area contributed by atoms with Crippen LogP contribution in [0.2, 0.25) is 0 Å². The van der Waals surface area contributed by atoms with Crippen LogP contribution in [0.25, 0.3) is 0 Å². The highest BCUT2D eigenvalue weighted by molar-refractivity contribution is 5.74. The molecular weight excluding hydrogens is 228 g/mol. The predicted molar refractivity (Wildman–Crippen MR) is 71.0 cm³/mol. The van der Waals surface area contributed by atoms with Crippen LogP contribution in [-0.4, -0.2) is 41.1 Å². The average Bonchev–Trinajstić information content (AvgIpc) is 2.28. The number of piperidine rings is 1. The Morgan fingerprint density at radius 2 is 2.00 bits per heavy atom. The monoisotopic (exact) mass is 254 g/mol. The normalized spacial score (nSPS) is 29.1. The topological polar surface area (TPSA) is 66.6 Å². The lowest BCUT2D eigenvalue weighted by Gasteiger charge is -2.40. The number of nitrogens with two attached hydrogens (primary N) is 1. The molecule has 104 valence electrons. The van der Waals surface area contributed by atoms with Gasteiger partial charge >= 0.3 is 0 Å². The molecule has 0 aromatic carbocycles. The van der Waals surface area contributed by atoms with Crippen molar-refractivity contribution in [3.05, 3.63) is 0 Å². The Morgan fingerprint density at radius 1 is 1.28 bits per heavy atom. The summed E-state index contributed by atoms with van der Waals surface area (Å²) in [5.41, 5.74) is 4.79. The van der Waals surface area contributed by atoms with Crippen LogP contribution >= 0.6 is 0 Å². The van der Waals surface area contributed by atoms with E-state index in [1.807, 2.05) is 0 Å². The van der Waals surface area contributed by atoms with Crippen LogP contribution < -0.4 is 5.73 Å². The van der Waals surface area contributed by atoms with Crippen molar-refractivity contribution in [1.82, 2.24) is 4.90 Å². The first-order valence-electron chi connectivity index (χ1n) is 7.30. The molecule has 4 heteroatoms. The number of carbonyl (C=O) groups excluding carboxylic acids is 1. The molecule has 2 fully saturated rings. The number of primary amides is 1. The van der Waals surface area contributed by atoms with Gasteiger partial charge in [-0.05, 0) is 38.1 Å². The molecule has 1 saturated heterocycles. The molecule has 18 heavy (non-hydrogen) atoms. The molecule has 0 aromatic rings. The van der Waals surface area contributed by atoms with Gasteiger partial charge < -0.3 is 15.7 Å². The number of amides is 1. The summed E-state index contributed by atoms with van der Waals surface area (Å²) >= 11 is 0. The van der Waals surface area contributed by atoms with E-state index < -0.39 is 5.60 Å². The van der Waals surface area contributed by atoms with E-state index in [0.717, 1.165) is 58.2 Å². The first-order chi connectivity index (χ1) is 8.57. The molecule has 0 aromatic heterocycles. The molecule has 1 aliphatic heterocycles. The summed E-state index contributed by atoms with van der Waals surface area (Å²) in [6.07, 6.45) is 8.13. The van der Waals surface area contributed by atoms with E-state index in [1.165, 1.54) is 6.42 Å². The van der Waals surface area contributed by atoms with Gasteiger partial charge in [0.1, 0.15) is 0 Å². The van der Waals surface area contributed by atoms with Crippen molar-refractivity contribution in [2.45, 2.75) is 57.0 Å². The Bertz CT molecular complexity index is 288. The number of rotatable bonds is 4. The second kappa shape index (κ2) is 6.02. The van der Waals surface area contributed by atoms with Gasteiger partial charge in [-0.3, -0.25) is 4.79 Å². The van der Waals surface area contributed by atoms with E-state index in [9.17, 15) is 9.90 Å². The van der Waals surface area contributed by atoms with E-state index in [-0.39, 0.29) is 5.91 Å². The zero-order chi connectivity index (χ0) is 13.0. The fourth-order valence-corrected chi connectivity index (χ4v) is 3.53. The highest BCUT2D eigenvalue weighted by atomic mass is 16.3. The maximum atomic E-state index is 11.0. The minimum absolute atomic E-state index is 0.196. The first-order valence-corrected chi connectivity index (χ1v) is 7.30. The summed E-state index contributed by atoms with van der Waals surface area (Å²) in [6.45, 7) is 2.76. The van der Waals surface area contributed by atoms with Gasteiger partial charge in [-0.25, -0.2) is 0 Å². The maximum absolute atomic E-state index is 11.0. The van der Waals surface area contributed by atoms with Crippen molar-refractivity contribution in [3.8, 4) is 0 Å². The molecule has 2 rings (SSSR count). The number of hydrogen-bond donors (Lipinski definition) is 2. The Labute approximate surface area is 110 Å². The van der Waals surface area contributed by atoms with Crippen LogP contribution in [0.5, 0.6) is 0 Å². The highest BCUT2D eigenvalue weighted by Crippen LogP contribution is 2.30. The van der Waals surface area contributed by atoms with Crippen molar-refractivity contribution < 1.29 is 9.90 Å². The van der Waals surface area contributed by atoms with Crippen LogP contribution in [0, 0.1) is 5.92 Å². The average molecular weight is 254 g/mol. The van der Waals surface area contributed by atoms with E-state index in [0.29, 0.717) is 12.3 Å². The smallest absolute Gasteiger partial charge is 0.217 e. The third-order valence-corrected chi connectivity index (χ3v) is 4.40. The maximum Gasteiger partial charge on any atom is 0.217 e. The summed E-state index contributed by atoms with van der Waals surface area (Å²) in [5.74, 6) is 0.196. The molecule has 0 spiro atoms. The summed E-state index contributed by atoms with van der Waals surface area (Å²) < 4.78 is 0. The summed E-state index contributed by atoms with van der Waals surface area (Å²) in [4.78, 5) is 13.3. The Balaban J connectivity index is 1.83. The SMILES string of the molecule is NC(=O)CC1CCCN(CC2(O)CCCCC2)C1. The molecule has 1 heterocycles. The van der Waals surface area contributed by atoms with Gasteiger partial charge in [-0.15, -0.1) is 0 Å². The van der Waals surface area contributed by atoms with E-state index in [2.05, 4.69) is 4.90 Å². The third kappa shape index (κ3) is 3.95. The lowest BCUT2D eigenvalue weighted by Crippen LogP contribution is -2.48. The van der Waals surface area contributed by atoms with Gasteiger partial charge in [0.05, 0.1) is 5.60 Å². The van der Waals surface area contributed by atoms with Gasteiger partial charge in [-0.2, -0.15) is 0 Å². The standard InChI is InChI=1S/C14H26N2O2/c15-13(17)9-12-5-4-8-16(10-12)11-14(18)6-2-1-3-7-14/h12,18H,1-11H2,(H2,15,17). The van der Waals surface area contributed by atoms with Gasteiger partial charge in [0.2, 0.25) is 5.91 Å². The van der Waals surface area contributed by atoms with E-state index in [4.69, 9.17) is 5.73 Å². The molecule has 1 amide bonds. The number of likely N-dealkylation sites (tertiary alicyclic amines) is 1. The number of hydrogen-bond acceptors (Lipinski definition) is 3. The molecule has 4 nitrogen and oxygen atoms in total. The largest absolute Gasteiger partial charge is 0.389 e. The van der Waals surface area contributed by atoms with Gasteiger partial charge in [0, 0.05) is 19.5 Å². The molecule has 1 atom stereocenters. The van der Waals surface area contributed by atoms with Crippen LogP contribution in [0.3, 0.4) is 0 Å². The van der Waals surface area contributed by atoms with E-state index in [1.54, 1.807) is 0 Å². The first kappa shape index (κ1) is 13.8. The molecule has 1 unspecified atom stereocenters. The van der Waals surface area contributed by atoms with Gasteiger partial charge in [0.25, 0.3) is 0 Å². The fraction of sp³-hybridized carbons (Fsp3) is 0.929. The third-order valence-electron chi connectivity index (χ3n) is 4.40. The summed E-state index contributed by atoms with van der Waals surface area (Å²) in [6, 6.07) is 0. The van der Waals surface area contributed by atoms with Crippen molar-refractivity contribution >= 4 is 5.91 Å². The van der Waals surface area contributed by atoms with Gasteiger partial charge in [0.15, 0.2) is 0 Å². The second-order valence-corrected chi connectivity index (χ2v) is 6.20.